The van der Waals surface area contributed by atoms with Crippen LogP contribution in [0, 0.1) is 0 Å². The van der Waals surface area contributed by atoms with Crippen LogP contribution in [0.1, 0.15) is 37.7 Å². The minimum atomic E-state index is -0.249. The monoisotopic (exact) mass is 286 g/mol. The number of amides is 1. The third kappa shape index (κ3) is 1.96. The van der Waals surface area contributed by atoms with Crippen LogP contribution >= 0.6 is 0 Å². The lowest BCUT2D eigenvalue weighted by Crippen LogP contribution is -2.40. The largest absolute Gasteiger partial charge is 0.488 e. The molecule has 4 rings (SSSR count). The summed E-state index contributed by atoms with van der Waals surface area (Å²) in [6.45, 7) is 2.16. The van der Waals surface area contributed by atoms with Gasteiger partial charge in [0.05, 0.1) is 11.1 Å². The van der Waals surface area contributed by atoms with E-state index in [1.807, 2.05) is 12.1 Å². The van der Waals surface area contributed by atoms with Gasteiger partial charge in [0, 0.05) is 13.1 Å². The maximum atomic E-state index is 12.3. The molecule has 4 heteroatoms. The Morgan fingerprint density at radius 1 is 1.29 bits per heavy atom. The van der Waals surface area contributed by atoms with Gasteiger partial charge in [-0.2, -0.15) is 0 Å². The molecule has 1 aromatic carbocycles. The number of hydrogen-bond acceptors (Lipinski definition) is 3. The predicted molar refractivity (Wildman–Crippen MR) is 81.7 cm³/mol. The second kappa shape index (κ2) is 4.73. The number of nitrogens with zero attached hydrogens (tertiary/aromatic N) is 1. The molecule has 1 spiro atoms. The number of anilines is 1. The molecular formula is C17H22N2O2. The normalized spacial score (nSPS) is 24.5. The summed E-state index contributed by atoms with van der Waals surface area (Å²) in [6, 6.07) is 6.12. The van der Waals surface area contributed by atoms with Crippen LogP contribution in [0.25, 0.3) is 0 Å². The Bertz CT molecular complexity index is 572. The number of likely N-dealkylation sites (tertiary alicyclic amines) is 1. The topological polar surface area (TPSA) is 41.6 Å². The standard InChI is InChI=1S/C17H22N2O2/c1-19-10-6-12(7-11-19)21-14-5-2-4-13-15(14)18-16(20)17(13)8-3-9-17/h2,4-5,12H,3,6-11H2,1H3,(H,18,20). The zero-order chi connectivity index (χ0) is 14.4. The van der Waals surface area contributed by atoms with Crippen molar-refractivity contribution in [1.29, 1.82) is 0 Å². The van der Waals surface area contributed by atoms with Gasteiger partial charge < -0.3 is 15.0 Å². The van der Waals surface area contributed by atoms with Crippen LogP contribution in [0.4, 0.5) is 5.69 Å². The number of carbonyl (C=O) groups is 1. The summed E-state index contributed by atoms with van der Waals surface area (Å²) >= 11 is 0. The third-order valence-electron chi connectivity index (χ3n) is 5.38. The Morgan fingerprint density at radius 2 is 2.05 bits per heavy atom. The fourth-order valence-corrected chi connectivity index (χ4v) is 3.82. The number of benzene rings is 1. The number of nitrogens with one attached hydrogen (secondary N) is 1. The molecule has 0 unspecified atom stereocenters. The second-order valence-electron chi connectivity index (χ2n) is 6.69. The van der Waals surface area contributed by atoms with Gasteiger partial charge in [-0.1, -0.05) is 18.6 Å². The SMILES string of the molecule is CN1CCC(Oc2cccc3c2NC(=O)C32CCC2)CC1. The molecule has 1 aromatic rings. The summed E-state index contributed by atoms with van der Waals surface area (Å²) in [4.78, 5) is 14.7. The third-order valence-corrected chi connectivity index (χ3v) is 5.38. The fraction of sp³-hybridized carbons (Fsp3) is 0.588. The van der Waals surface area contributed by atoms with E-state index in [1.165, 1.54) is 0 Å². The lowest BCUT2D eigenvalue weighted by atomic mass is 9.65. The zero-order valence-corrected chi connectivity index (χ0v) is 12.5. The van der Waals surface area contributed by atoms with Crippen LogP contribution in [0.2, 0.25) is 0 Å². The molecule has 0 radical (unpaired) electrons. The molecule has 3 aliphatic rings. The molecule has 1 saturated carbocycles. The summed E-state index contributed by atoms with van der Waals surface area (Å²) in [5, 5.41) is 3.08. The molecule has 1 saturated heterocycles. The van der Waals surface area contributed by atoms with E-state index in [4.69, 9.17) is 4.74 Å². The molecular weight excluding hydrogens is 264 g/mol. The first-order valence-electron chi connectivity index (χ1n) is 7.99. The summed E-state index contributed by atoms with van der Waals surface area (Å²) in [5.74, 6) is 1.03. The number of piperidine rings is 1. The van der Waals surface area contributed by atoms with E-state index < -0.39 is 0 Å². The number of para-hydroxylation sites is 1. The van der Waals surface area contributed by atoms with Gasteiger partial charge in [0.15, 0.2) is 0 Å². The lowest BCUT2D eigenvalue weighted by molar-refractivity contribution is -0.123. The van der Waals surface area contributed by atoms with Crippen molar-refractivity contribution in [1.82, 2.24) is 4.90 Å². The second-order valence-corrected chi connectivity index (χ2v) is 6.69. The van der Waals surface area contributed by atoms with Gasteiger partial charge in [-0.25, -0.2) is 0 Å². The first kappa shape index (κ1) is 13.1. The van der Waals surface area contributed by atoms with Gasteiger partial charge in [-0.3, -0.25) is 4.79 Å². The molecule has 1 aliphatic carbocycles. The molecule has 1 amide bonds. The predicted octanol–water partition coefficient (Wildman–Crippen LogP) is 2.53. The van der Waals surface area contributed by atoms with E-state index in [9.17, 15) is 4.79 Å². The van der Waals surface area contributed by atoms with Crippen molar-refractivity contribution in [3.8, 4) is 5.75 Å². The van der Waals surface area contributed by atoms with Gasteiger partial charge >= 0.3 is 0 Å². The van der Waals surface area contributed by atoms with Crippen molar-refractivity contribution in [3.63, 3.8) is 0 Å². The van der Waals surface area contributed by atoms with E-state index in [2.05, 4.69) is 23.3 Å². The van der Waals surface area contributed by atoms with Gasteiger partial charge in [0.25, 0.3) is 0 Å². The molecule has 2 heterocycles. The van der Waals surface area contributed by atoms with Crippen LogP contribution < -0.4 is 10.1 Å². The summed E-state index contributed by atoms with van der Waals surface area (Å²) in [6.07, 6.45) is 5.47. The number of carbonyl (C=O) groups excluding carboxylic acids is 1. The highest BCUT2D eigenvalue weighted by Gasteiger charge is 2.51. The van der Waals surface area contributed by atoms with E-state index in [0.29, 0.717) is 0 Å². The van der Waals surface area contributed by atoms with E-state index >= 15 is 0 Å². The zero-order valence-electron chi connectivity index (χ0n) is 12.5. The Labute approximate surface area is 125 Å². The highest BCUT2D eigenvalue weighted by molar-refractivity contribution is 6.08. The van der Waals surface area contributed by atoms with Crippen molar-refractivity contribution in [2.75, 3.05) is 25.5 Å². The van der Waals surface area contributed by atoms with Gasteiger partial charge in [0.1, 0.15) is 11.9 Å². The molecule has 21 heavy (non-hydrogen) atoms. The highest BCUT2D eigenvalue weighted by atomic mass is 16.5. The molecule has 112 valence electrons. The Morgan fingerprint density at radius 3 is 2.71 bits per heavy atom. The van der Waals surface area contributed by atoms with Crippen LogP contribution in [-0.4, -0.2) is 37.0 Å². The lowest BCUT2D eigenvalue weighted by Gasteiger charge is -2.36. The first-order chi connectivity index (χ1) is 10.2. The fourth-order valence-electron chi connectivity index (χ4n) is 3.82. The number of ether oxygens (including phenoxy) is 1. The summed E-state index contributed by atoms with van der Waals surface area (Å²) < 4.78 is 6.22. The van der Waals surface area contributed by atoms with Crippen molar-refractivity contribution in [3.05, 3.63) is 23.8 Å². The van der Waals surface area contributed by atoms with Crippen molar-refractivity contribution < 1.29 is 9.53 Å². The quantitative estimate of drug-likeness (QED) is 0.908. The van der Waals surface area contributed by atoms with Gasteiger partial charge in [0.2, 0.25) is 5.91 Å². The Hall–Kier alpha value is -1.55. The molecule has 0 atom stereocenters. The van der Waals surface area contributed by atoms with Crippen molar-refractivity contribution in [2.45, 2.75) is 43.6 Å². The molecule has 1 N–H and O–H groups in total. The van der Waals surface area contributed by atoms with E-state index in [-0.39, 0.29) is 17.4 Å². The van der Waals surface area contributed by atoms with Crippen LogP contribution in [-0.2, 0) is 10.2 Å². The Kier molecular flexibility index (Phi) is 2.96. The van der Waals surface area contributed by atoms with Crippen LogP contribution in [0.5, 0.6) is 5.75 Å². The van der Waals surface area contributed by atoms with Crippen LogP contribution in [0.15, 0.2) is 18.2 Å². The molecule has 2 fully saturated rings. The van der Waals surface area contributed by atoms with Gasteiger partial charge in [-0.05, 0) is 44.4 Å². The minimum Gasteiger partial charge on any atom is -0.488 e. The van der Waals surface area contributed by atoms with Gasteiger partial charge in [-0.15, -0.1) is 0 Å². The number of rotatable bonds is 2. The summed E-state index contributed by atoms with van der Waals surface area (Å²) in [5.41, 5.74) is 1.84. The number of fused-ring (bicyclic) bond motifs is 2. The van der Waals surface area contributed by atoms with Crippen LogP contribution in [0.3, 0.4) is 0 Å². The molecule has 4 nitrogen and oxygen atoms in total. The maximum absolute atomic E-state index is 12.3. The average molecular weight is 286 g/mol. The first-order valence-corrected chi connectivity index (χ1v) is 7.99. The molecule has 0 aromatic heterocycles. The molecule has 2 aliphatic heterocycles. The Balaban J connectivity index is 1.59. The minimum absolute atomic E-state index is 0.170. The molecule has 0 bridgehead atoms. The smallest absolute Gasteiger partial charge is 0.235 e. The van der Waals surface area contributed by atoms with E-state index in [1.54, 1.807) is 0 Å². The average Bonchev–Trinajstić information content (AvgIpc) is 2.74. The van der Waals surface area contributed by atoms with E-state index in [0.717, 1.165) is 62.2 Å². The maximum Gasteiger partial charge on any atom is 0.235 e. The van der Waals surface area contributed by atoms with Crippen molar-refractivity contribution >= 4 is 11.6 Å². The van der Waals surface area contributed by atoms with Crippen molar-refractivity contribution in [2.24, 2.45) is 0 Å². The highest BCUT2D eigenvalue weighted by Crippen LogP contribution is 2.53. The summed E-state index contributed by atoms with van der Waals surface area (Å²) in [7, 11) is 2.15. The number of hydrogen-bond donors (Lipinski definition) is 1.